The van der Waals surface area contributed by atoms with Crippen LogP contribution in [0.15, 0.2) is 0 Å². The molecule has 0 bridgehead atoms. The molecule has 0 N–H and O–H groups in total. The van der Waals surface area contributed by atoms with Crippen LogP contribution >= 0.6 is 0 Å². The molecule has 6 heteroatoms. The average Bonchev–Trinajstić information content (AvgIpc) is 2.83. The summed E-state index contributed by atoms with van der Waals surface area (Å²) in [4.78, 5) is 37.9. The van der Waals surface area contributed by atoms with E-state index in [0.29, 0.717) is 19.5 Å². The molecule has 3 amide bonds. The van der Waals surface area contributed by atoms with Gasteiger partial charge in [0.15, 0.2) is 6.61 Å². The zero-order valence-electron chi connectivity index (χ0n) is 10.9. The number of hydrogen-bond acceptors (Lipinski definition) is 4. The molecule has 0 aromatic rings. The van der Waals surface area contributed by atoms with E-state index in [0.717, 1.165) is 4.90 Å². The largest absolute Gasteiger partial charge is 0.439 e. The third-order valence-electron chi connectivity index (χ3n) is 3.24. The number of cyclic esters (lactones) is 1. The molecular formula is C12H18N2O4. The highest BCUT2D eigenvalue weighted by molar-refractivity contribution is 5.98. The minimum atomic E-state index is -0.588. The number of nitrogens with zero attached hydrogens (tertiary/aromatic N) is 2. The maximum absolute atomic E-state index is 12.1. The van der Waals surface area contributed by atoms with Gasteiger partial charge in [-0.05, 0) is 6.42 Å². The van der Waals surface area contributed by atoms with Crippen LogP contribution in [0.25, 0.3) is 0 Å². The molecule has 0 aliphatic carbocycles. The van der Waals surface area contributed by atoms with Crippen LogP contribution in [0.5, 0.6) is 0 Å². The molecule has 2 heterocycles. The Balaban J connectivity index is 2.03. The molecule has 2 rings (SSSR count). The van der Waals surface area contributed by atoms with Gasteiger partial charge in [0.05, 0.1) is 6.04 Å². The molecule has 0 aromatic carbocycles. The van der Waals surface area contributed by atoms with Crippen LogP contribution in [0.4, 0.5) is 4.79 Å². The van der Waals surface area contributed by atoms with Crippen molar-refractivity contribution in [1.29, 1.82) is 0 Å². The number of amides is 3. The van der Waals surface area contributed by atoms with Crippen molar-refractivity contribution in [2.45, 2.75) is 33.2 Å². The number of carbonyl (C=O) groups is 3. The number of likely N-dealkylation sites (tertiary alicyclic amines) is 1. The van der Waals surface area contributed by atoms with Gasteiger partial charge < -0.3 is 9.64 Å². The average molecular weight is 254 g/mol. The summed E-state index contributed by atoms with van der Waals surface area (Å²) in [5.74, 6) is -0.264. The van der Waals surface area contributed by atoms with Crippen molar-refractivity contribution < 1.29 is 19.1 Å². The lowest BCUT2D eigenvalue weighted by Crippen LogP contribution is -2.43. The van der Waals surface area contributed by atoms with Gasteiger partial charge in [-0.15, -0.1) is 0 Å². The number of ether oxygens (including phenoxy) is 1. The van der Waals surface area contributed by atoms with Crippen LogP contribution in [0.2, 0.25) is 0 Å². The van der Waals surface area contributed by atoms with E-state index in [1.54, 1.807) is 4.90 Å². The molecule has 0 saturated carbocycles. The van der Waals surface area contributed by atoms with Crippen LogP contribution in [-0.2, 0) is 14.3 Å². The summed E-state index contributed by atoms with van der Waals surface area (Å²) in [6.07, 6.45) is 0.0397. The third kappa shape index (κ3) is 2.19. The van der Waals surface area contributed by atoms with E-state index in [9.17, 15) is 14.4 Å². The first-order valence-corrected chi connectivity index (χ1v) is 6.09. The van der Waals surface area contributed by atoms with Gasteiger partial charge in [-0.25, -0.2) is 9.69 Å². The van der Waals surface area contributed by atoms with Crippen molar-refractivity contribution in [3.8, 4) is 0 Å². The first-order chi connectivity index (χ1) is 8.30. The highest BCUT2D eigenvalue weighted by atomic mass is 16.6. The Morgan fingerprint density at radius 1 is 1.33 bits per heavy atom. The number of carbonyl (C=O) groups excluding carboxylic acids is 3. The van der Waals surface area contributed by atoms with Gasteiger partial charge in [0.1, 0.15) is 0 Å². The monoisotopic (exact) mass is 254 g/mol. The standard InChI is InChI=1S/C12H18N2O4/c1-12(2,3)10(16)13-5-4-8(6-13)14-9(15)7-18-11(14)17/h8H,4-7H2,1-3H3. The molecule has 100 valence electrons. The molecule has 2 saturated heterocycles. The lowest BCUT2D eigenvalue weighted by atomic mass is 9.95. The second-order valence-corrected chi connectivity index (χ2v) is 5.76. The summed E-state index contributed by atoms with van der Waals surface area (Å²) in [6, 6.07) is -0.237. The zero-order chi connectivity index (χ0) is 13.5. The predicted molar refractivity (Wildman–Crippen MR) is 62.6 cm³/mol. The quantitative estimate of drug-likeness (QED) is 0.687. The van der Waals surface area contributed by atoms with E-state index in [1.165, 1.54) is 0 Å². The van der Waals surface area contributed by atoms with Crippen LogP contribution in [0, 0.1) is 5.41 Å². The Bertz CT molecular complexity index is 383. The zero-order valence-corrected chi connectivity index (χ0v) is 10.9. The van der Waals surface area contributed by atoms with Gasteiger partial charge in [0.2, 0.25) is 5.91 Å². The van der Waals surface area contributed by atoms with Crippen LogP contribution in [0.3, 0.4) is 0 Å². The van der Waals surface area contributed by atoms with Crippen molar-refractivity contribution in [2.75, 3.05) is 19.7 Å². The highest BCUT2D eigenvalue weighted by Crippen LogP contribution is 2.25. The summed E-state index contributed by atoms with van der Waals surface area (Å²) >= 11 is 0. The van der Waals surface area contributed by atoms with Gasteiger partial charge in [-0.1, -0.05) is 20.8 Å². The van der Waals surface area contributed by atoms with Crippen LogP contribution in [-0.4, -0.2) is 53.4 Å². The molecule has 0 aromatic heterocycles. The van der Waals surface area contributed by atoms with Crippen molar-refractivity contribution in [3.05, 3.63) is 0 Å². The Labute approximate surface area is 106 Å². The van der Waals surface area contributed by atoms with E-state index in [2.05, 4.69) is 4.74 Å². The maximum Gasteiger partial charge on any atom is 0.417 e. The maximum atomic E-state index is 12.1. The van der Waals surface area contributed by atoms with E-state index in [1.807, 2.05) is 20.8 Å². The Kier molecular flexibility index (Phi) is 3.04. The molecule has 0 radical (unpaired) electrons. The fourth-order valence-electron chi connectivity index (χ4n) is 2.33. The Hall–Kier alpha value is -1.59. The van der Waals surface area contributed by atoms with Gasteiger partial charge in [-0.3, -0.25) is 9.59 Å². The fourth-order valence-corrected chi connectivity index (χ4v) is 2.33. The molecule has 1 unspecified atom stereocenters. The summed E-state index contributed by atoms with van der Waals surface area (Å²) in [7, 11) is 0. The summed E-state index contributed by atoms with van der Waals surface area (Å²) in [6.45, 7) is 6.39. The van der Waals surface area contributed by atoms with Crippen LogP contribution in [0.1, 0.15) is 27.2 Å². The lowest BCUT2D eigenvalue weighted by Gasteiger charge is -2.26. The highest BCUT2D eigenvalue weighted by Gasteiger charge is 2.42. The molecule has 6 nitrogen and oxygen atoms in total. The normalized spacial score (nSPS) is 24.7. The second-order valence-electron chi connectivity index (χ2n) is 5.76. The molecule has 2 aliphatic rings. The Morgan fingerprint density at radius 3 is 2.50 bits per heavy atom. The second kappa shape index (κ2) is 4.26. The van der Waals surface area contributed by atoms with Gasteiger partial charge >= 0.3 is 6.09 Å². The predicted octanol–water partition coefficient (Wildman–Crippen LogP) is 0.612. The molecule has 1 atom stereocenters. The first kappa shape index (κ1) is 12.9. The van der Waals surface area contributed by atoms with E-state index in [4.69, 9.17) is 0 Å². The number of rotatable bonds is 1. The van der Waals surface area contributed by atoms with Crippen LogP contribution < -0.4 is 0 Å². The number of hydrogen-bond donors (Lipinski definition) is 0. The summed E-state index contributed by atoms with van der Waals surface area (Å²) in [5.41, 5.74) is -0.440. The molecular weight excluding hydrogens is 236 g/mol. The van der Waals surface area contributed by atoms with E-state index >= 15 is 0 Å². The summed E-state index contributed by atoms with van der Waals surface area (Å²) < 4.78 is 4.69. The Morgan fingerprint density at radius 2 is 2.00 bits per heavy atom. The van der Waals surface area contributed by atoms with Crippen molar-refractivity contribution in [2.24, 2.45) is 5.41 Å². The lowest BCUT2D eigenvalue weighted by molar-refractivity contribution is -0.139. The molecule has 2 aliphatic heterocycles. The van der Waals surface area contributed by atoms with Crippen molar-refractivity contribution in [1.82, 2.24) is 9.80 Å². The topological polar surface area (TPSA) is 66.9 Å². The molecule has 0 spiro atoms. The smallest absolute Gasteiger partial charge is 0.417 e. The van der Waals surface area contributed by atoms with Crippen molar-refractivity contribution in [3.63, 3.8) is 0 Å². The third-order valence-corrected chi connectivity index (χ3v) is 3.24. The van der Waals surface area contributed by atoms with Gasteiger partial charge in [0, 0.05) is 18.5 Å². The van der Waals surface area contributed by atoms with Crippen molar-refractivity contribution >= 4 is 17.9 Å². The molecule has 18 heavy (non-hydrogen) atoms. The first-order valence-electron chi connectivity index (χ1n) is 6.09. The van der Waals surface area contributed by atoms with Gasteiger partial charge in [0.25, 0.3) is 5.91 Å². The number of imide groups is 1. The fraction of sp³-hybridized carbons (Fsp3) is 0.750. The van der Waals surface area contributed by atoms with E-state index < -0.39 is 11.5 Å². The van der Waals surface area contributed by atoms with E-state index in [-0.39, 0.29) is 24.5 Å². The minimum Gasteiger partial charge on any atom is -0.439 e. The SMILES string of the molecule is CC(C)(C)C(=O)N1CCC(N2C(=O)COC2=O)C1. The summed E-state index contributed by atoms with van der Waals surface area (Å²) in [5, 5.41) is 0. The molecule has 2 fully saturated rings. The minimum absolute atomic E-state index is 0.0463. The van der Waals surface area contributed by atoms with Gasteiger partial charge in [-0.2, -0.15) is 0 Å².